The number of ketones is 1. The molecule has 192 valence electrons. The molecule has 4 N–H and O–H groups in total. The average molecular weight is 525 g/mol. The zero-order valence-corrected chi connectivity index (χ0v) is 21.6. The van der Waals surface area contributed by atoms with Gasteiger partial charge in [0.15, 0.2) is 5.78 Å². The molecule has 0 fully saturated rings. The van der Waals surface area contributed by atoms with Crippen molar-refractivity contribution in [3.05, 3.63) is 95.0 Å². The third-order valence-corrected chi connectivity index (χ3v) is 7.25. The summed E-state index contributed by atoms with van der Waals surface area (Å²) in [6.07, 6.45) is 8.40. The summed E-state index contributed by atoms with van der Waals surface area (Å²) in [5.74, 6) is 0.786. The van der Waals surface area contributed by atoms with Gasteiger partial charge in [-0.15, -0.1) is 11.3 Å². The lowest BCUT2D eigenvalue weighted by Gasteiger charge is -2.16. The summed E-state index contributed by atoms with van der Waals surface area (Å²) in [5, 5.41) is 5.44. The number of anilines is 1. The number of Topliss-reactive ketones (excluding diaryl/α,β-unsaturated/α-hetero) is 1. The molecule has 0 aliphatic heterocycles. The summed E-state index contributed by atoms with van der Waals surface area (Å²) >= 11 is 1.30. The van der Waals surface area contributed by atoms with Crippen molar-refractivity contribution in [3.8, 4) is 11.3 Å². The number of thiazole rings is 1. The maximum absolute atomic E-state index is 12.8. The van der Waals surface area contributed by atoms with E-state index in [1.165, 1.54) is 16.7 Å². The number of nitrogens with zero attached hydrogens (tertiary/aromatic N) is 3. The minimum Gasteiger partial charge on any atom is -0.383 e. The number of benzene rings is 2. The number of hydrogen-bond donors (Lipinski definition) is 3. The molecule has 1 amide bonds. The number of rotatable bonds is 11. The summed E-state index contributed by atoms with van der Waals surface area (Å²) in [4.78, 5) is 41.9. The van der Waals surface area contributed by atoms with Gasteiger partial charge in [-0.3, -0.25) is 14.6 Å². The minimum absolute atomic E-state index is 0.00305. The van der Waals surface area contributed by atoms with Gasteiger partial charge in [0.25, 0.3) is 5.91 Å². The van der Waals surface area contributed by atoms with Crippen LogP contribution in [0.3, 0.4) is 0 Å². The zero-order chi connectivity index (χ0) is 26.3. The Morgan fingerprint density at radius 3 is 2.66 bits per heavy atom. The van der Waals surface area contributed by atoms with Gasteiger partial charge in [-0.2, -0.15) is 0 Å². The van der Waals surface area contributed by atoms with Gasteiger partial charge < -0.3 is 16.0 Å². The quantitative estimate of drug-likeness (QED) is 0.144. The van der Waals surface area contributed by atoms with Crippen LogP contribution in [0, 0.1) is 0 Å². The molecule has 0 unspecified atom stereocenters. The van der Waals surface area contributed by atoms with Crippen molar-refractivity contribution in [2.24, 2.45) is 0 Å². The minimum atomic E-state index is -0.302. The molecular formula is C29H28N6O2S. The number of aromatic nitrogens is 4. The number of hydrogen-bond acceptors (Lipinski definition) is 7. The fraction of sp³-hybridized carbons (Fsp3) is 0.207. The summed E-state index contributed by atoms with van der Waals surface area (Å²) in [6.45, 7) is 0. The van der Waals surface area contributed by atoms with Crippen molar-refractivity contribution in [2.45, 2.75) is 38.1 Å². The van der Waals surface area contributed by atoms with Gasteiger partial charge in [0.1, 0.15) is 16.5 Å². The van der Waals surface area contributed by atoms with Crippen LogP contribution in [0.2, 0.25) is 0 Å². The predicted octanol–water partition coefficient (Wildman–Crippen LogP) is 5.97. The number of nitrogens with two attached hydrogens (primary N) is 1. The van der Waals surface area contributed by atoms with Crippen LogP contribution in [0.15, 0.2) is 78.7 Å². The van der Waals surface area contributed by atoms with Gasteiger partial charge in [0.05, 0.1) is 35.2 Å². The third-order valence-electron chi connectivity index (χ3n) is 6.48. The first-order valence-corrected chi connectivity index (χ1v) is 13.4. The molecule has 0 aliphatic rings. The largest absolute Gasteiger partial charge is 0.383 e. The van der Waals surface area contributed by atoms with Crippen molar-refractivity contribution < 1.29 is 9.59 Å². The van der Waals surface area contributed by atoms with E-state index in [2.05, 4.69) is 55.6 Å². The molecule has 0 bridgehead atoms. The Morgan fingerprint density at radius 2 is 1.84 bits per heavy atom. The Bertz CT molecular complexity index is 1550. The van der Waals surface area contributed by atoms with Crippen LogP contribution in [0.25, 0.3) is 22.0 Å². The van der Waals surface area contributed by atoms with Crippen LogP contribution >= 0.6 is 11.3 Å². The van der Waals surface area contributed by atoms with E-state index < -0.39 is 0 Å². The second kappa shape index (κ2) is 11.8. The number of fused-ring (bicyclic) bond motifs is 1. The molecule has 1 atom stereocenters. The van der Waals surface area contributed by atoms with Crippen molar-refractivity contribution >= 4 is 39.6 Å². The fourth-order valence-corrected chi connectivity index (χ4v) is 4.97. The van der Waals surface area contributed by atoms with Crippen molar-refractivity contribution in [1.29, 1.82) is 0 Å². The SMILES string of the molecule is Nc1ncccc1C(=O)CCCCC[C@H](NC(=O)c1cncs1)c1ncc(-c2ccc3ccccc3c2)[nH]1. The second-order valence-electron chi connectivity index (χ2n) is 9.09. The van der Waals surface area contributed by atoms with Crippen molar-refractivity contribution in [2.75, 3.05) is 5.73 Å². The summed E-state index contributed by atoms with van der Waals surface area (Å²) in [6, 6.07) is 17.6. The lowest BCUT2D eigenvalue weighted by atomic mass is 10.0. The number of nitrogen functional groups attached to an aromatic ring is 1. The van der Waals surface area contributed by atoms with Gasteiger partial charge in [0.2, 0.25) is 0 Å². The Hall–Kier alpha value is -4.37. The van der Waals surface area contributed by atoms with Gasteiger partial charge >= 0.3 is 0 Å². The highest BCUT2D eigenvalue weighted by molar-refractivity contribution is 7.11. The standard InChI is InChI=1S/C29H28N6O2S/c30-27-22(9-6-14-32-27)25(36)11-3-1-2-10-23(35-29(37)26-17-31-18-38-26)28-33-16-24(34-28)21-13-12-19-7-4-5-8-20(19)15-21/h4-9,12-18,23H,1-3,10-11H2,(H2,30,32)(H,33,34)(H,35,37)/t23-/m0/s1. The maximum atomic E-state index is 12.8. The molecule has 3 heterocycles. The lowest BCUT2D eigenvalue weighted by molar-refractivity contribution is 0.0935. The number of H-pyrrole nitrogens is 1. The monoisotopic (exact) mass is 524 g/mol. The van der Waals surface area contributed by atoms with Crippen LogP contribution in [0.1, 0.15) is 64.0 Å². The zero-order valence-electron chi connectivity index (χ0n) is 20.8. The molecule has 38 heavy (non-hydrogen) atoms. The average Bonchev–Trinajstić information content (AvgIpc) is 3.65. The molecule has 0 saturated heterocycles. The highest BCUT2D eigenvalue weighted by Crippen LogP contribution is 2.26. The number of carbonyl (C=O) groups excluding carboxylic acids is 2. The molecule has 8 nitrogen and oxygen atoms in total. The van der Waals surface area contributed by atoms with E-state index >= 15 is 0 Å². The Kier molecular flexibility index (Phi) is 7.84. The van der Waals surface area contributed by atoms with E-state index in [0.29, 0.717) is 29.1 Å². The Labute approximate surface area is 224 Å². The summed E-state index contributed by atoms with van der Waals surface area (Å²) < 4.78 is 0. The number of aromatic amines is 1. The van der Waals surface area contributed by atoms with E-state index in [9.17, 15) is 9.59 Å². The van der Waals surface area contributed by atoms with Crippen LogP contribution < -0.4 is 11.1 Å². The van der Waals surface area contributed by atoms with Gasteiger partial charge in [-0.25, -0.2) is 9.97 Å². The topological polar surface area (TPSA) is 127 Å². The molecule has 3 aromatic heterocycles. The smallest absolute Gasteiger partial charge is 0.263 e. The van der Waals surface area contributed by atoms with Crippen LogP contribution in [0.4, 0.5) is 5.82 Å². The van der Waals surface area contributed by atoms with Crippen molar-refractivity contribution in [1.82, 2.24) is 25.3 Å². The Balaban J connectivity index is 1.25. The number of nitrogens with one attached hydrogen (secondary N) is 2. The number of amides is 1. The van der Waals surface area contributed by atoms with E-state index in [0.717, 1.165) is 35.9 Å². The molecule has 0 spiro atoms. The third kappa shape index (κ3) is 5.95. The molecule has 0 aliphatic carbocycles. The molecule has 2 aromatic carbocycles. The van der Waals surface area contributed by atoms with E-state index in [1.54, 1.807) is 30.0 Å². The van der Waals surface area contributed by atoms with Crippen LogP contribution in [0.5, 0.6) is 0 Å². The normalized spacial score (nSPS) is 11.9. The highest BCUT2D eigenvalue weighted by atomic mass is 32.1. The molecular weight excluding hydrogens is 496 g/mol. The molecule has 5 aromatic rings. The van der Waals surface area contributed by atoms with Gasteiger partial charge in [-0.1, -0.05) is 49.2 Å². The second-order valence-corrected chi connectivity index (χ2v) is 9.98. The number of imidazole rings is 1. The van der Waals surface area contributed by atoms with Crippen LogP contribution in [-0.2, 0) is 0 Å². The highest BCUT2D eigenvalue weighted by Gasteiger charge is 2.20. The van der Waals surface area contributed by atoms with E-state index in [-0.39, 0.29) is 23.6 Å². The molecule has 0 radical (unpaired) electrons. The molecule has 0 saturated carbocycles. The first-order valence-electron chi connectivity index (χ1n) is 12.6. The summed E-state index contributed by atoms with van der Waals surface area (Å²) in [5.41, 5.74) is 9.86. The number of unbranched alkanes of at least 4 members (excludes halogenated alkanes) is 2. The first-order chi connectivity index (χ1) is 18.6. The molecule has 5 rings (SSSR count). The van der Waals surface area contributed by atoms with E-state index in [4.69, 9.17) is 5.73 Å². The summed E-state index contributed by atoms with van der Waals surface area (Å²) in [7, 11) is 0. The van der Waals surface area contributed by atoms with Crippen LogP contribution in [-0.4, -0.2) is 31.6 Å². The molecule has 9 heteroatoms. The lowest BCUT2D eigenvalue weighted by Crippen LogP contribution is -2.28. The first kappa shape index (κ1) is 25.3. The van der Waals surface area contributed by atoms with E-state index in [1.807, 2.05) is 18.3 Å². The number of carbonyl (C=O) groups is 2. The number of pyridine rings is 1. The predicted molar refractivity (Wildman–Crippen MR) is 150 cm³/mol. The Morgan fingerprint density at radius 1 is 0.974 bits per heavy atom. The fourth-order valence-electron chi connectivity index (χ4n) is 4.45. The van der Waals surface area contributed by atoms with Gasteiger partial charge in [0, 0.05) is 18.2 Å². The maximum Gasteiger partial charge on any atom is 0.263 e. The van der Waals surface area contributed by atoms with Gasteiger partial charge in [-0.05, 0) is 41.8 Å². The van der Waals surface area contributed by atoms with Crippen molar-refractivity contribution in [3.63, 3.8) is 0 Å².